The zero-order valence-corrected chi connectivity index (χ0v) is 22.7. The highest BCUT2D eigenvalue weighted by Crippen LogP contribution is 2.40. The number of amides is 1. The van der Waals surface area contributed by atoms with Crippen molar-refractivity contribution in [3.8, 4) is 0 Å². The highest BCUT2D eigenvalue weighted by Gasteiger charge is 2.34. The highest BCUT2D eigenvalue weighted by atomic mass is 31.2. The molecule has 1 amide bonds. The highest BCUT2D eigenvalue weighted by molar-refractivity contribution is 7.51. The summed E-state index contributed by atoms with van der Waals surface area (Å²) >= 11 is 0. The summed E-state index contributed by atoms with van der Waals surface area (Å²) < 4.78 is 20.2. The third kappa shape index (κ3) is 6.21. The summed E-state index contributed by atoms with van der Waals surface area (Å²) in [5, 5.41) is 3.63. The molecule has 2 heterocycles. The predicted octanol–water partition coefficient (Wildman–Crippen LogP) is 3.44. The van der Waals surface area contributed by atoms with Crippen LogP contribution in [0.4, 0.5) is 11.5 Å². The van der Waals surface area contributed by atoms with Crippen molar-refractivity contribution in [2.75, 3.05) is 24.5 Å². The molecule has 12 nitrogen and oxygen atoms in total. The number of allylic oxidation sites excluding steroid dienone is 1. The summed E-state index contributed by atoms with van der Waals surface area (Å²) in [4.78, 5) is 42.1. The zero-order chi connectivity index (χ0) is 28.1. The lowest BCUT2D eigenvalue weighted by atomic mass is 10.0. The number of benzene rings is 2. The van der Waals surface area contributed by atoms with Gasteiger partial charge in [-0.2, -0.15) is 0 Å². The molecule has 0 saturated carbocycles. The predicted molar refractivity (Wildman–Crippen MR) is 150 cm³/mol. The van der Waals surface area contributed by atoms with Crippen LogP contribution in [-0.2, 0) is 25.1 Å². The molecule has 0 saturated heterocycles. The Morgan fingerprint density at radius 1 is 1.15 bits per heavy atom. The van der Waals surface area contributed by atoms with E-state index in [0.29, 0.717) is 29.1 Å². The topological polar surface area (TPSA) is 158 Å². The Morgan fingerprint density at radius 2 is 1.88 bits per heavy atom. The fourth-order valence-corrected chi connectivity index (χ4v) is 5.63. The van der Waals surface area contributed by atoms with Crippen LogP contribution in [0.5, 0.6) is 0 Å². The number of para-hydroxylation sites is 1. The van der Waals surface area contributed by atoms with E-state index in [0.717, 1.165) is 5.56 Å². The van der Waals surface area contributed by atoms with E-state index in [9.17, 15) is 14.3 Å². The molecule has 0 aliphatic heterocycles. The van der Waals surface area contributed by atoms with Gasteiger partial charge in [-0.1, -0.05) is 60.7 Å². The van der Waals surface area contributed by atoms with Crippen molar-refractivity contribution in [2.24, 2.45) is 5.92 Å². The van der Waals surface area contributed by atoms with Crippen LogP contribution >= 0.6 is 7.75 Å². The van der Waals surface area contributed by atoms with Gasteiger partial charge in [-0.15, -0.1) is 0 Å². The maximum Gasteiger partial charge on any atom is 0.432 e. The maximum atomic E-state index is 13.4. The third-order valence-electron chi connectivity index (χ3n) is 6.67. The average Bonchev–Trinajstić information content (AvgIpc) is 3.61. The molecule has 5 rings (SSSR count). The molecule has 208 valence electrons. The summed E-state index contributed by atoms with van der Waals surface area (Å²) in [7, 11) is -3.05. The normalized spacial score (nSPS) is 18.9. The van der Waals surface area contributed by atoms with Gasteiger partial charge in [0, 0.05) is 12.3 Å². The Balaban J connectivity index is 1.24. The molecule has 0 spiro atoms. The SMILES string of the molecule is CON(c1ccccc1)[C@@H](Cc1ccccc1)C(=O)NP(=O)(O)OC[C@H]1C=C[C@@H](n2cnc3c(N)ncnc32)C1. The van der Waals surface area contributed by atoms with Gasteiger partial charge < -0.3 is 15.2 Å². The Hall–Kier alpha value is -4.09. The van der Waals surface area contributed by atoms with Crippen LogP contribution in [0.15, 0.2) is 85.5 Å². The van der Waals surface area contributed by atoms with Crippen molar-refractivity contribution < 1.29 is 23.6 Å². The Kier molecular flexibility index (Phi) is 8.22. The van der Waals surface area contributed by atoms with E-state index in [1.54, 1.807) is 18.5 Å². The first-order valence-corrected chi connectivity index (χ1v) is 14.3. The standard InChI is InChI=1S/C27H30N7O5P/c1-38-34(21-10-6-3-7-11-21)23(15-19-8-4-2-5-9-19)27(35)32-40(36,37)39-16-20-12-13-22(14-20)33-18-31-24-25(28)29-17-30-26(24)33/h2-13,17-18,20,22-23H,14-16H2,1H3,(H2,28,29,30)(H2,32,35,36,37)/t20-,22+,23-/m0/s1. The summed E-state index contributed by atoms with van der Waals surface area (Å²) in [5.74, 6) is -0.575. The lowest BCUT2D eigenvalue weighted by Crippen LogP contribution is -2.47. The van der Waals surface area contributed by atoms with Gasteiger partial charge in [0.1, 0.15) is 17.9 Å². The van der Waals surface area contributed by atoms with Gasteiger partial charge in [-0.25, -0.2) is 24.6 Å². The number of hydrogen-bond acceptors (Lipinski definition) is 9. The van der Waals surface area contributed by atoms with E-state index in [1.807, 2.05) is 65.3 Å². The molecule has 13 heteroatoms. The lowest BCUT2D eigenvalue weighted by Gasteiger charge is -2.31. The molecule has 1 aliphatic carbocycles. The second-order valence-corrected chi connectivity index (χ2v) is 10.9. The minimum Gasteiger partial charge on any atom is -0.382 e. The fraction of sp³-hybridized carbons (Fsp3) is 0.259. The summed E-state index contributed by atoms with van der Waals surface area (Å²) in [6, 6.07) is 17.4. The number of nitrogens with two attached hydrogens (primary N) is 1. The first kappa shape index (κ1) is 27.5. The maximum absolute atomic E-state index is 13.4. The molecule has 2 aromatic heterocycles. The number of rotatable bonds is 11. The molecule has 0 fully saturated rings. The largest absolute Gasteiger partial charge is 0.432 e. The van der Waals surface area contributed by atoms with E-state index in [2.05, 4.69) is 20.0 Å². The number of anilines is 2. The number of carbonyl (C=O) groups excluding carboxylic acids is 1. The van der Waals surface area contributed by atoms with Gasteiger partial charge >= 0.3 is 7.75 Å². The molecule has 1 aliphatic rings. The molecule has 4 N–H and O–H groups in total. The number of imidazole rings is 1. The van der Waals surface area contributed by atoms with Crippen molar-refractivity contribution in [3.05, 3.63) is 91.0 Å². The fourth-order valence-electron chi connectivity index (χ4n) is 4.75. The molecule has 0 radical (unpaired) electrons. The van der Waals surface area contributed by atoms with Crippen LogP contribution in [0.3, 0.4) is 0 Å². The van der Waals surface area contributed by atoms with Crippen molar-refractivity contribution in [3.63, 3.8) is 0 Å². The number of nitrogens with one attached hydrogen (secondary N) is 1. The molecule has 1 unspecified atom stereocenters. The van der Waals surface area contributed by atoms with E-state index in [1.165, 1.54) is 18.5 Å². The minimum atomic E-state index is -4.50. The van der Waals surface area contributed by atoms with Crippen molar-refractivity contribution in [2.45, 2.75) is 24.9 Å². The van der Waals surface area contributed by atoms with E-state index < -0.39 is 19.7 Å². The second kappa shape index (κ2) is 12.0. The third-order valence-corrected chi connectivity index (χ3v) is 7.68. The Labute approximate surface area is 231 Å². The number of aromatic nitrogens is 4. The molecule has 40 heavy (non-hydrogen) atoms. The van der Waals surface area contributed by atoms with Crippen LogP contribution in [0.2, 0.25) is 0 Å². The molecular weight excluding hydrogens is 533 g/mol. The van der Waals surface area contributed by atoms with Gasteiger partial charge in [-0.05, 0) is 24.1 Å². The number of carbonyl (C=O) groups is 1. The number of nitrogens with zero attached hydrogens (tertiary/aromatic N) is 5. The quantitative estimate of drug-likeness (QED) is 0.140. The molecule has 0 bridgehead atoms. The molecule has 4 aromatic rings. The summed E-state index contributed by atoms with van der Waals surface area (Å²) in [6.45, 7) is -0.0686. The zero-order valence-electron chi connectivity index (χ0n) is 21.8. The molecule has 4 atom stereocenters. The second-order valence-electron chi connectivity index (χ2n) is 9.37. The van der Waals surface area contributed by atoms with Crippen LogP contribution in [0, 0.1) is 5.92 Å². The number of hydrogen-bond donors (Lipinski definition) is 3. The number of nitrogen functional groups attached to an aromatic ring is 1. The van der Waals surface area contributed by atoms with E-state index in [-0.39, 0.29) is 25.0 Å². The Morgan fingerprint density at radius 3 is 2.60 bits per heavy atom. The molecular formula is C27H30N7O5P. The average molecular weight is 564 g/mol. The van der Waals surface area contributed by atoms with Crippen LogP contribution in [0.25, 0.3) is 11.2 Å². The monoisotopic (exact) mass is 563 g/mol. The van der Waals surface area contributed by atoms with Gasteiger partial charge in [0.05, 0.1) is 31.8 Å². The summed E-state index contributed by atoms with van der Waals surface area (Å²) in [6.07, 6.45) is 7.71. The first-order valence-electron chi connectivity index (χ1n) is 12.7. The number of hydroxylamine groups is 1. The van der Waals surface area contributed by atoms with Gasteiger partial charge in [0.25, 0.3) is 5.91 Å². The first-order chi connectivity index (χ1) is 19.3. The van der Waals surface area contributed by atoms with Crippen molar-refractivity contribution in [1.29, 1.82) is 0 Å². The lowest BCUT2D eigenvalue weighted by molar-refractivity contribution is -0.122. The van der Waals surface area contributed by atoms with Gasteiger partial charge in [0.15, 0.2) is 11.5 Å². The van der Waals surface area contributed by atoms with Crippen LogP contribution in [-0.4, -0.2) is 50.1 Å². The number of fused-ring (bicyclic) bond motifs is 1. The van der Waals surface area contributed by atoms with Crippen LogP contribution < -0.4 is 15.9 Å². The van der Waals surface area contributed by atoms with E-state index >= 15 is 0 Å². The molecule has 2 aromatic carbocycles. The van der Waals surface area contributed by atoms with E-state index in [4.69, 9.17) is 15.1 Å². The van der Waals surface area contributed by atoms with Crippen LogP contribution in [0.1, 0.15) is 18.0 Å². The smallest absolute Gasteiger partial charge is 0.382 e. The van der Waals surface area contributed by atoms with Gasteiger partial charge in [-0.3, -0.25) is 19.2 Å². The summed E-state index contributed by atoms with van der Waals surface area (Å²) in [5.41, 5.74) is 8.49. The van der Waals surface area contributed by atoms with Crippen molar-refractivity contribution >= 4 is 36.3 Å². The van der Waals surface area contributed by atoms with Gasteiger partial charge in [0.2, 0.25) is 0 Å². The minimum absolute atomic E-state index is 0.0686. The Bertz CT molecular complexity index is 1530. The van der Waals surface area contributed by atoms with Crippen molar-refractivity contribution in [1.82, 2.24) is 24.6 Å².